The summed E-state index contributed by atoms with van der Waals surface area (Å²) in [6.45, 7) is 3.39. The third kappa shape index (κ3) is 6.42. The largest absolute Gasteiger partial charge is 0.463 e. The first kappa shape index (κ1) is 23.0. The van der Waals surface area contributed by atoms with Crippen molar-refractivity contribution in [3.8, 4) is 22.9 Å². The third-order valence-electron chi connectivity index (χ3n) is 6.26. The molecule has 6 heteroatoms. The number of benzene rings is 1. The van der Waals surface area contributed by atoms with Gasteiger partial charge in [-0.3, -0.25) is 0 Å². The number of hydrogen-bond donors (Lipinski definition) is 0. The molecule has 2 aliphatic rings. The van der Waals surface area contributed by atoms with Crippen molar-refractivity contribution in [2.45, 2.75) is 89.6 Å². The summed E-state index contributed by atoms with van der Waals surface area (Å²) in [7, 11) is 0. The maximum absolute atomic E-state index is 6.11. The van der Waals surface area contributed by atoms with Gasteiger partial charge in [-0.2, -0.15) is 0 Å². The lowest BCUT2D eigenvalue weighted by Gasteiger charge is -2.31. The van der Waals surface area contributed by atoms with Crippen molar-refractivity contribution < 1.29 is 18.9 Å². The van der Waals surface area contributed by atoms with Gasteiger partial charge in [0.25, 0.3) is 0 Å². The Morgan fingerprint density at radius 2 is 1.62 bits per heavy atom. The molecular formula is C26H36N2O4. The van der Waals surface area contributed by atoms with E-state index in [4.69, 9.17) is 18.9 Å². The van der Waals surface area contributed by atoms with E-state index in [9.17, 15) is 0 Å². The number of rotatable bonds is 11. The standard InChI is InChI=1S/C26H36N2O4/c1-2-3-4-5-6-10-17-29-25-27-18-22(19-28-25)21-11-13-23(14-12-21)31-24-20-30-26(32-24)15-8-7-9-16-26/h11-14,18-19,24H,2-10,15-17,20H2,1H3. The van der Waals surface area contributed by atoms with E-state index in [1.54, 1.807) is 12.4 Å². The molecule has 2 fully saturated rings. The van der Waals surface area contributed by atoms with Crippen LogP contribution in [0.15, 0.2) is 36.7 Å². The van der Waals surface area contributed by atoms with Crippen LogP contribution < -0.4 is 9.47 Å². The fourth-order valence-corrected chi connectivity index (χ4v) is 4.40. The molecule has 1 unspecified atom stereocenters. The summed E-state index contributed by atoms with van der Waals surface area (Å²) in [6.07, 6.45) is 16.2. The van der Waals surface area contributed by atoms with E-state index < -0.39 is 5.79 Å². The number of ether oxygens (including phenoxy) is 4. The minimum absolute atomic E-state index is 0.342. The first-order valence-corrected chi connectivity index (χ1v) is 12.3. The minimum atomic E-state index is -0.418. The van der Waals surface area contributed by atoms with Crippen LogP contribution in [-0.2, 0) is 9.47 Å². The van der Waals surface area contributed by atoms with Crippen LogP contribution in [-0.4, -0.2) is 35.3 Å². The highest BCUT2D eigenvalue weighted by molar-refractivity contribution is 5.62. The first-order chi connectivity index (χ1) is 15.8. The van der Waals surface area contributed by atoms with Gasteiger partial charge in [-0.1, -0.05) is 57.6 Å². The van der Waals surface area contributed by atoms with Gasteiger partial charge in [0.15, 0.2) is 5.79 Å². The summed E-state index contributed by atoms with van der Waals surface area (Å²) in [6, 6.07) is 8.37. The number of nitrogens with zero attached hydrogens (tertiary/aromatic N) is 2. The highest BCUT2D eigenvalue weighted by Gasteiger charge is 2.43. The van der Waals surface area contributed by atoms with E-state index >= 15 is 0 Å². The SMILES string of the molecule is CCCCCCCCOc1ncc(-c2ccc(OC3COC4(CCCCC4)O3)cc2)cn1. The summed E-state index contributed by atoms with van der Waals surface area (Å²) in [5.74, 6) is 0.356. The van der Waals surface area contributed by atoms with Crippen LogP contribution in [0.25, 0.3) is 11.1 Å². The normalized spacial score (nSPS) is 19.8. The number of aromatic nitrogens is 2. The van der Waals surface area contributed by atoms with E-state index in [2.05, 4.69) is 16.9 Å². The molecule has 1 saturated heterocycles. The molecule has 6 nitrogen and oxygen atoms in total. The van der Waals surface area contributed by atoms with Crippen molar-refractivity contribution in [1.29, 1.82) is 0 Å². The van der Waals surface area contributed by atoms with Crippen LogP contribution in [0.4, 0.5) is 0 Å². The molecule has 0 radical (unpaired) electrons. The highest BCUT2D eigenvalue weighted by Crippen LogP contribution is 2.38. The Morgan fingerprint density at radius 3 is 2.38 bits per heavy atom. The number of unbranched alkanes of at least 4 members (excludes halogenated alkanes) is 5. The van der Waals surface area contributed by atoms with E-state index in [0.717, 1.165) is 49.0 Å². The van der Waals surface area contributed by atoms with E-state index in [1.165, 1.54) is 38.5 Å². The average molecular weight is 441 g/mol. The fraction of sp³-hybridized carbons (Fsp3) is 0.615. The van der Waals surface area contributed by atoms with Gasteiger partial charge in [-0.05, 0) is 37.0 Å². The predicted molar refractivity (Wildman–Crippen MR) is 124 cm³/mol. The molecule has 1 aromatic carbocycles. The van der Waals surface area contributed by atoms with Crippen LogP contribution in [0.3, 0.4) is 0 Å². The maximum atomic E-state index is 6.11. The second-order valence-corrected chi connectivity index (χ2v) is 8.84. The molecular weight excluding hydrogens is 404 g/mol. The number of hydrogen-bond acceptors (Lipinski definition) is 6. The molecule has 32 heavy (non-hydrogen) atoms. The molecule has 4 rings (SSSR count). The highest BCUT2D eigenvalue weighted by atomic mass is 16.8. The zero-order valence-electron chi connectivity index (χ0n) is 19.3. The second kappa shape index (κ2) is 11.6. The molecule has 0 amide bonds. The smallest absolute Gasteiger partial charge is 0.316 e. The maximum Gasteiger partial charge on any atom is 0.316 e. The Morgan fingerprint density at radius 1 is 0.906 bits per heavy atom. The molecule has 174 valence electrons. The molecule has 1 aromatic heterocycles. The van der Waals surface area contributed by atoms with Gasteiger partial charge in [-0.15, -0.1) is 0 Å². The molecule has 1 aliphatic carbocycles. The van der Waals surface area contributed by atoms with Gasteiger partial charge in [0.05, 0.1) is 6.61 Å². The Kier molecular flexibility index (Phi) is 8.35. The Labute approximate surface area is 191 Å². The van der Waals surface area contributed by atoms with Gasteiger partial charge in [-0.25, -0.2) is 9.97 Å². The lowest BCUT2D eigenvalue weighted by Crippen LogP contribution is -2.34. The van der Waals surface area contributed by atoms with Crippen LogP contribution in [0, 0.1) is 0 Å². The fourth-order valence-electron chi connectivity index (χ4n) is 4.40. The molecule has 1 saturated carbocycles. The molecule has 1 atom stereocenters. The van der Waals surface area contributed by atoms with E-state index in [-0.39, 0.29) is 6.29 Å². The lowest BCUT2D eigenvalue weighted by atomic mass is 9.94. The summed E-state index contributed by atoms with van der Waals surface area (Å²) >= 11 is 0. The predicted octanol–water partition coefficient (Wildman–Crippen LogP) is 6.30. The Balaban J connectivity index is 1.21. The van der Waals surface area contributed by atoms with Gasteiger partial charge in [0.1, 0.15) is 12.4 Å². The average Bonchev–Trinajstić information content (AvgIpc) is 3.21. The quantitative estimate of drug-likeness (QED) is 0.382. The minimum Gasteiger partial charge on any atom is -0.463 e. The zero-order chi connectivity index (χ0) is 22.1. The molecule has 0 bridgehead atoms. The van der Waals surface area contributed by atoms with Crippen molar-refractivity contribution in [2.75, 3.05) is 13.2 Å². The van der Waals surface area contributed by atoms with Crippen molar-refractivity contribution in [1.82, 2.24) is 9.97 Å². The van der Waals surface area contributed by atoms with Gasteiger partial charge >= 0.3 is 6.01 Å². The summed E-state index contributed by atoms with van der Waals surface area (Å²) in [4.78, 5) is 8.71. The van der Waals surface area contributed by atoms with Crippen molar-refractivity contribution in [3.05, 3.63) is 36.7 Å². The van der Waals surface area contributed by atoms with Crippen LogP contribution in [0.2, 0.25) is 0 Å². The van der Waals surface area contributed by atoms with Crippen molar-refractivity contribution >= 4 is 0 Å². The summed E-state index contributed by atoms with van der Waals surface area (Å²) < 4.78 is 23.7. The van der Waals surface area contributed by atoms with Gasteiger partial charge in [0, 0.05) is 30.8 Å². The summed E-state index contributed by atoms with van der Waals surface area (Å²) in [5, 5.41) is 0. The van der Waals surface area contributed by atoms with Gasteiger partial charge in [0.2, 0.25) is 6.29 Å². The molecule has 2 heterocycles. The third-order valence-corrected chi connectivity index (χ3v) is 6.26. The van der Waals surface area contributed by atoms with Crippen LogP contribution in [0.1, 0.15) is 77.6 Å². The van der Waals surface area contributed by atoms with E-state index in [0.29, 0.717) is 19.2 Å². The summed E-state index contributed by atoms with van der Waals surface area (Å²) in [5.41, 5.74) is 1.98. The van der Waals surface area contributed by atoms with Crippen molar-refractivity contribution in [3.63, 3.8) is 0 Å². The monoisotopic (exact) mass is 440 g/mol. The lowest BCUT2D eigenvalue weighted by molar-refractivity contribution is -0.208. The molecule has 0 N–H and O–H groups in total. The Bertz CT molecular complexity index is 804. The topological polar surface area (TPSA) is 62.7 Å². The van der Waals surface area contributed by atoms with Crippen molar-refractivity contribution in [2.24, 2.45) is 0 Å². The van der Waals surface area contributed by atoms with Crippen LogP contribution >= 0.6 is 0 Å². The van der Waals surface area contributed by atoms with Crippen LogP contribution in [0.5, 0.6) is 11.8 Å². The van der Waals surface area contributed by atoms with E-state index in [1.807, 2.05) is 24.3 Å². The second-order valence-electron chi connectivity index (χ2n) is 8.84. The molecule has 1 spiro atoms. The Hall–Kier alpha value is -2.18. The molecule has 2 aromatic rings. The first-order valence-electron chi connectivity index (χ1n) is 12.3. The van der Waals surface area contributed by atoms with Gasteiger partial charge < -0.3 is 18.9 Å². The molecule has 1 aliphatic heterocycles. The zero-order valence-corrected chi connectivity index (χ0v) is 19.3.